The molecule has 6 aliphatic rings. The van der Waals surface area contributed by atoms with Crippen molar-refractivity contribution in [3.8, 4) is 0 Å². The van der Waals surface area contributed by atoms with E-state index in [4.69, 9.17) is 61.7 Å². The molecule has 14 rings (SSSR count). The molecule has 3 fully saturated rings. The summed E-state index contributed by atoms with van der Waals surface area (Å²) in [5.41, 5.74) is 18.9. The highest BCUT2D eigenvalue weighted by molar-refractivity contribution is 6.00. The number of hydrogen-bond acceptors (Lipinski definition) is 36. The number of aromatic nitrogens is 10. The highest BCUT2D eigenvalue weighted by atomic mass is 16.6. The number of aliphatic hydroxyl groups is 2. The fraction of sp³-hybridized carbons (Fsp3) is 0.400. The van der Waals surface area contributed by atoms with Gasteiger partial charge in [-0.25, -0.2) is 29.0 Å². The Kier molecular flexibility index (Phi) is 33.8. The van der Waals surface area contributed by atoms with Crippen molar-refractivity contribution >= 4 is 123 Å². The number of ether oxygens (including phenoxy) is 4. The molecule has 0 saturated carbocycles. The first-order valence-corrected chi connectivity index (χ1v) is 40.6. The molecule has 7 unspecified atom stereocenters. The molecular formula is C80H99N24O28+. The minimum absolute atomic E-state index is 0. The van der Waals surface area contributed by atoms with E-state index in [1.165, 1.54) is 53.9 Å². The first kappa shape index (κ1) is 98.5. The minimum atomic E-state index is -1.31. The quantitative estimate of drug-likeness (QED) is 0.0217. The molecule has 6 aliphatic heterocycles. The summed E-state index contributed by atoms with van der Waals surface area (Å²) in [5, 5.41) is 95.7. The number of H-pyrrole nitrogens is 5. The van der Waals surface area contributed by atoms with Crippen molar-refractivity contribution < 1.29 is 104 Å². The second kappa shape index (κ2) is 45.3. The zero-order valence-electron chi connectivity index (χ0n) is 71.8. The van der Waals surface area contributed by atoms with Gasteiger partial charge in [0.05, 0.1) is 62.5 Å². The Morgan fingerprint density at radius 3 is 1.51 bits per heavy atom. The highest BCUT2D eigenvalue weighted by Gasteiger charge is 2.40. The highest BCUT2D eigenvalue weighted by Crippen LogP contribution is 2.34. The number of rotatable bonds is 31. The molecule has 132 heavy (non-hydrogen) atoms. The zero-order chi connectivity index (χ0) is 95.9. The van der Waals surface area contributed by atoms with Crippen molar-refractivity contribution in [1.82, 2.24) is 65.0 Å². The molecule has 3 aromatic carbocycles. The Hall–Kier alpha value is -15.7. The number of aliphatic carboxylic acids is 6. The standard InChI is InChI=1S/C20H23N7O6.C20H24N6O6.C19H21N7O6.C11H16N2O5.C10H14N2O5/c21-20-24-16-15(18(31)25-20)27-9-26(8-12(27)7-22-16)11-3-1-10(2-4-11)17(30)23-13(19(32)33)5-6-14(28)29;21-20-25-16-13(18(30)26-20)7-10(9-23-16)8-22-12-3-1-11(2-4-12)17(29)24-14(19(31)32)5-6-15(27)28;20-19-25-15-14(17(30)26-19)23-11(8-22-15)7-21-10-3-1-9(2-4-10)16(29)24-12(18(31)32)5-6-13(27)28;1-6-4-13(11(16)12-10(6)15)9-3-7(14)8(18-9)5-17-2;1-16-5-7-6(13)4-9(17-7)12-3-2-8(14)11-10(12)15/h1-4,12-13H,5-9H2,(H,23,30)(H,28,29)(H,32,33)(H4,21,22,24,25,31);1-4,10,14,22H,5-9H2,(H,24,29)(H,27,28)(H,31,32)(H4,21,23,25,26,30);1-4,12,21H,5-8H2,(H,24,29)(H,27,28)(H,31,32)(H4,20,22,25,26,30);4,7-9,14H,3,5H2,1-2H3,(H,12,15,16);2-3,6-7,9,13H,4-5H2,1H3,(H,11,14,15)/p+1/t;;;7?,8-,9-;6?,7-,9-/m...11/s1. The molecule has 706 valence electrons. The number of aromatic amines is 5. The van der Waals surface area contributed by atoms with E-state index in [1.807, 2.05) is 9.80 Å². The van der Waals surface area contributed by atoms with Crippen LogP contribution in [0.15, 0.2) is 130 Å². The molecular weight excluding hydrogens is 1750 g/mol. The molecule has 0 spiro atoms. The van der Waals surface area contributed by atoms with Gasteiger partial charge in [-0.05, 0) is 111 Å². The van der Waals surface area contributed by atoms with Crippen LogP contribution in [-0.2, 0) is 54.1 Å². The lowest BCUT2D eigenvalue weighted by Gasteiger charge is -2.31. The van der Waals surface area contributed by atoms with Gasteiger partial charge in [0.1, 0.15) is 54.3 Å². The van der Waals surface area contributed by atoms with Crippen LogP contribution in [0.1, 0.15) is 107 Å². The Labute approximate surface area is 744 Å². The van der Waals surface area contributed by atoms with Gasteiger partial charge in [-0.2, -0.15) is 15.0 Å². The lowest BCUT2D eigenvalue weighted by molar-refractivity contribution is -0.142. The third-order valence-corrected chi connectivity index (χ3v) is 20.9. The number of methoxy groups -OCH3 is 2. The third-order valence-electron chi connectivity index (χ3n) is 20.9. The fourth-order valence-corrected chi connectivity index (χ4v) is 14.1. The van der Waals surface area contributed by atoms with Crippen LogP contribution in [0.2, 0.25) is 0 Å². The van der Waals surface area contributed by atoms with Crippen molar-refractivity contribution in [2.24, 2.45) is 10.9 Å². The number of hydrogen-bond donors (Lipinski definition) is 24. The van der Waals surface area contributed by atoms with Crippen LogP contribution in [0.25, 0.3) is 0 Å². The lowest BCUT2D eigenvalue weighted by Crippen LogP contribution is -2.44. The van der Waals surface area contributed by atoms with Gasteiger partial charge in [0.15, 0.2) is 17.3 Å². The van der Waals surface area contributed by atoms with Crippen LogP contribution >= 0.6 is 0 Å². The first-order valence-electron chi connectivity index (χ1n) is 40.6. The summed E-state index contributed by atoms with van der Waals surface area (Å²) >= 11 is 0. The Morgan fingerprint density at radius 1 is 0.545 bits per heavy atom. The van der Waals surface area contributed by atoms with Crippen LogP contribution in [0.4, 0.5) is 63.7 Å². The number of aliphatic imine (C=N–C) groups is 1. The summed E-state index contributed by atoms with van der Waals surface area (Å²) in [5.74, 6) is -7.66. The van der Waals surface area contributed by atoms with Gasteiger partial charge in [0, 0.05) is 130 Å². The number of carboxylic acid groups (broad SMARTS) is 6. The Morgan fingerprint density at radius 2 is 1.01 bits per heavy atom. The molecule has 11 atom stereocenters. The number of carboxylic acids is 6. The SMILES string of the molecule is COC[C@H]1O[C@@H](n2cc(C)c(=O)[nH]c2=O)CC1O.COC[C@H]1O[C@@H](n2ccc(=O)[nH]c2=O)CC1O.Nc1nc2c(c(=O)[nH]1)CC(CNc1ccc(C(=O)NC(CCC(=O)O)C(=O)O)cc1)CN2.Nc1nc2c(c(=O)[nH]1)N1CN(c3ccc(C(=O)NC(CCC(=O)O)C(=O)O)cc3)CC1CN2.Nc1nc2c(c(=O)[nH]1)N=C(CNc1ccc(C(=O)NC(CCC(=O)O)C(=O)O)cc1)CN2.[H+]. The Balaban J connectivity index is 0.000000191. The predicted octanol–water partition coefficient (Wildman–Crippen LogP) is -2.33. The van der Waals surface area contributed by atoms with Gasteiger partial charge < -0.3 is 129 Å². The third kappa shape index (κ3) is 27.0. The van der Waals surface area contributed by atoms with Crippen LogP contribution in [0.5, 0.6) is 0 Å². The van der Waals surface area contributed by atoms with E-state index in [0.29, 0.717) is 111 Å². The molecule has 5 aromatic heterocycles. The van der Waals surface area contributed by atoms with Gasteiger partial charge in [-0.15, -0.1) is 0 Å². The van der Waals surface area contributed by atoms with Crippen molar-refractivity contribution in [2.75, 3.05) is 127 Å². The second-order valence-corrected chi connectivity index (χ2v) is 30.5. The molecule has 0 bridgehead atoms. The molecule has 3 amide bonds. The second-order valence-electron chi connectivity index (χ2n) is 30.5. The van der Waals surface area contributed by atoms with E-state index in [9.17, 15) is 92.0 Å². The number of carbonyl (C=O) groups is 9. The summed E-state index contributed by atoms with van der Waals surface area (Å²) in [4.78, 5) is 217. The number of nitrogens with one attached hydrogen (secondary N) is 13. The maximum absolute atomic E-state index is 12.4. The maximum Gasteiger partial charge on any atom is 1.00 e. The van der Waals surface area contributed by atoms with E-state index in [-0.39, 0.29) is 116 Å². The number of aryl methyl sites for hydroxylation is 1. The number of fused-ring (bicyclic) bond motifs is 5. The number of amides is 3. The largest absolute Gasteiger partial charge is 1.00 e. The van der Waals surface area contributed by atoms with E-state index in [2.05, 4.69) is 87.4 Å². The lowest BCUT2D eigenvalue weighted by atomic mass is 9.96. The summed E-state index contributed by atoms with van der Waals surface area (Å²) in [7, 11) is 3.02. The number of aliphatic hydroxyl groups excluding tert-OH is 2. The van der Waals surface area contributed by atoms with E-state index >= 15 is 0 Å². The van der Waals surface area contributed by atoms with Crippen molar-refractivity contribution in [3.05, 3.63) is 192 Å². The molecule has 52 heteroatoms. The normalized spacial score (nSPS) is 18.8. The van der Waals surface area contributed by atoms with Crippen LogP contribution in [0, 0.1) is 12.8 Å². The van der Waals surface area contributed by atoms with Gasteiger partial charge in [-0.3, -0.25) is 86.8 Å². The maximum atomic E-state index is 12.4. The molecule has 27 N–H and O–H groups in total. The van der Waals surface area contributed by atoms with E-state index in [0.717, 1.165) is 11.4 Å². The van der Waals surface area contributed by atoms with Crippen molar-refractivity contribution in [2.45, 2.75) is 126 Å². The monoisotopic (exact) mass is 1840 g/mol. The number of nitrogens with two attached hydrogens (primary N) is 3. The number of carbonyl (C=O) groups excluding carboxylic acids is 3. The smallest absolute Gasteiger partial charge is 0.481 e. The minimum Gasteiger partial charge on any atom is -0.481 e. The predicted molar refractivity (Wildman–Crippen MR) is 471 cm³/mol. The number of nitrogens with zero attached hydrogens (tertiary/aromatic N) is 8. The molecule has 11 heterocycles. The summed E-state index contributed by atoms with van der Waals surface area (Å²) in [6.07, 6.45) is -1.28. The molecule has 8 aromatic rings. The molecule has 3 saturated heterocycles. The number of benzene rings is 3. The number of anilines is 10. The van der Waals surface area contributed by atoms with E-state index in [1.54, 1.807) is 67.6 Å². The topological polar surface area (TPSA) is 792 Å². The van der Waals surface area contributed by atoms with Gasteiger partial charge in [-0.1, -0.05) is 0 Å². The summed E-state index contributed by atoms with van der Waals surface area (Å²) in [6, 6.07) is 16.7. The number of nitrogen functional groups attached to an aromatic ring is 3. The first-order chi connectivity index (χ1) is 62.8. The summed E-state index contributed by atoms with van der Waals surface area (Å²) < 4.78 is 23.4. The van der Waals surface area contributed by atoms with Crippen LogP contribution in [0.3, 0.4) is 0 Å². The average molecular weight is 1840 g/mol. The zero-order valence-corrected chi connectivity index (χ0v) is 70.8. The average Bonchev–Trinajstić information content (AvgIpc) is 1.63. The fourth-order valence-electron chi connectivity index (χ4n) is 14.1. The van der Waals surface area contributed by atoms with Crippen LogP contribution in [-0.4, -0.2) is 271 Å². The van der Waals surface area contributed by atoms with Crippen LogP contribution < -0.4 is 109 Å². The summed E-state index contributed by atoms with van der Waals surface area (Å²) in [6.45, 7) is 5.65. The van der Waals surface area contributed by atoms with Gasteiger partial charge >= 0.3 is 48.6 Å². The van der Waals surface area contributed by atoms with Gasteiger partial charge in [0.2, 0.25) is 17.8 Å². The van der Waals surface area contributed by atoms with Crippen molar-refractivity contribution in [1.29, 1.82) is 0 Å². The molecule has 0 radical (unpaired) electrons. The molecule has 52 nitrogen and oxygen atoms in total. The van der Waals surface area contributed by atoms with Crippen molar-refractivity contribution in [3.63, 3.8) is 0 Å². The Bertz CT molecular complexity index is 6010. The van der Waals surface area contributed by atoms with Gasteiger partial charge in [0.25, 0.3) is 45.5 Å². The molecule has 0 aliphatic carbocycles. The van der Waals surface area contributed by atoms with E-state index < -0.39 is 137 Å².